The summed E-state index contributed by atoms with van der Waals surface area (Å²) in [5, 5.41) is 5.11. The Labute approximate surface area is 102 Å². The van der Waals surface area contributed by atoms with Crippen LogP contribution >= 0.6 is 0 Å². The third kappa shape index (κ3) is 2.83. The molecule has 0 aliphatic rings. The summed E-state index contributed by atoms with van der Waals surface area (Å²) >= 11 is 0. The Morgan fingerprint density at radius 1 is 1.00 bits per heavy atom. The van der Waals surface area contributed by atoms with Crippen molar-refractivity contribution in [1.29, 1.82) is 0 Å². The number of fused-ring (bicyclic) bond motifs is 1. The minimum atomic E-state index is -0.153. The molecule has 0 fully saturated rings. The van der Waals surface area contributed by atoms with Crippen molar-refractivity contribution in [3.05, 3.63) is 47.8 Å². The number of halogens is 1. The van der Waals surface area contributed by atoms with Crippen LogP contribution in [0.15, 0.2) is 36.4 Å². The summed E-state index contributed by atoms with van der Waals surface area (Å²) in [6.45, 7) is 7.13. The summed E-state index contributed by atoms with van der Waals surface area (Å²) < 4.78 is 13.6. The van der Waals surface area contributed by atoms with Crippen LogP contribution in [0.4, 0.5) is 4.39 Å². The third-order valence-corrected chi connectivity index (χ3v) is 2.77. The van der Waals surface area contributed by atoms with Gasteiger partial charge in [0.05, 0.1) is 0 Å². The fraction of sp³-hybridized carbons (Fsp3) is 0.333. The molecule has 0 heterocycles. The summed E-state index contributed by atoms with van der Waals surface area (Å²) in [5.41, 5.74) is 1.20. The van der Waals surface area contributed by atoms with Gasteiger partial charge in [0.2, 0.25) is 0 Å². The van der Waals surface area contributed by atoms with E-state index in [1.54, 1.807) is 6.07 Å². The summed E-state index contributed by atoms with van der Waals surface area (Å²) in [7, 11) is 0. The molecular weight excluding hydrogens is 213 g/mol. The van der Waals surface area contributed by atoms with Gasteiger partial charge >= 0.3 is 0 Å². The van der Waals surface area contributed by atoms with E-state index in [-0.39, 0.29) is 11.4 Å². The van der Waals surface area contributed by atoms with Gasteiger partial charge in [-0.15, -0.1) is 0 Å². The van der Waals surface area contributed by atoms with E-state index in [1.807, 2.05) is 24.3 Å². The Morgan fingerprint density at radius 2 is 1.65 bits per heavy atom. The summed E-state index contributed by atoms with van der Waals surface area (Å²) in [5.74, 6) is -0.153. The lowest BCUT2D eigenvalue weighted by molar-refractivity contribution is 0.425. The van der Waals surface area contributed by atoms with Crippen molar-refractivity contribution < 1.29 is 4.39 Å². The van der Waals surface area contributed by atoms with Crippen LogP contribution < -0.4 is 5.32 Å². The number of hydrogen-bond acceptors (Lipinski definition) is 1. The van der Waals surface area contributed by atoms with E-state index in [0.717, 1.165) is 17.5 Å². The highest BCUT2D eigenvalue weighted by Crippen LogP contribution is 2.21. The topological polar surface area (TPSA) is 12.0 Å². The molecule has 2 heteroatoms. The minimum absolute atomic E-state index is 0.0650. The zero-order valence-electron chi connectivity index (χ0n) is 10.5. The van der Waals surface area contributed by atoms with Gasteiger partial charge in [-0.3, -0.25) is 0 Å². The second kappa shape index (κ2) is 4.46. The molecule has 17 heavy (non-hydrogen) atoms. The minimum Gasteiger partial charge on any atom is -0.308 e. The molecule has 2 aromatic rings. The lowest BCUT2D eigenvalue weighted by Crippen LogP contribution is -2.35. The van der Waals surface area contributed by atoms with Gasteiger partial charge in [-0.2, -0.15) is 0 Å². The van der Waals surface area contributed by atoms with Crippen LogP contribution in [0.1, 0.15) is 26.3 Å². The highest BCUT2D eigenvalue weighted by atomic mass is 19.1. The first-order valence-corrected chi connectivity index (χ1v) is 5.88. The summed E-state index contributed by atoms with van der Waals surface area (Å²) in [6.07, 6.45) is 0. The van der Waals surface area contributed by atoms with Gasteiger partial charge in [0.25, 0.3) is 0 Å². The van der Waals surface area contributed by atoms with E-state index < -0.39 is 0 Å². The second-order valence-electron chi connectivity index (χ2n) is 5.36. The van der Waals surface area contributed by atoms with Crippen LogP contribution in [0.2, 0.25) is 0 Å². The Balaban J connectivity index is 2.38. The molecule has 2 rings (SSSR count). The second-order valence-corrected chi connectivity index (χ2v) is 5.36. The van der Waals surface area contributed by atoms with Crippen molar-refractivity contribution in [2.75, 3.05) is 0 Å². The molecule has 90 valence electrons. The molecule has 0 saturated heterocycles. The fourth-order valence-electron chi connectivity index (χ4n) is 1.85. The Bertz CT molecular complexity index is 526. The molecule has 0 unspecified atom stereocenters. The van der Waals surface area contributed by atoms with E-state index in [4.69, 9.17) is 0 Å². The molecule has 0 spiro atoms. The number of hydrogen-bond donors (Lipinski definition) is 1. The van der Waals surface area contributed by atoms with Crippen LogP contribution in [0.25, 0.3) is 10.8 Å². The van der Waals surface area contributed by atoms with Crippen LogP contribution in [0.3, 0.4) is 0 Å². The average molecular weight is 231 g/mol. The Kier molecular flexibility index (Phi) is 3.16. The first-order chi connectivity index (χ1) is 7.97. The standard InChI is InChI=1S/C15H18FN/c1-15(2,3)17-10-11-6-4-8-13-12(11)7-5-9-14(13)16/h4-9,17H,10H2,1-3H3. The van der Waals surface area contributed by atoms with Crippen molar-refractivity contribution >= 4 is 10.8 Å². The van der Waals surface area contributed by atoms with E-state index in [9.17, 15) is 4.39 Å². The van der Waals surface area contributed by atoms with Gasteiger partial charge in [0.15, 0.2) is 0 Å². The highest BCUT2D eigenvalue weighted by molar-refractivity contribution is 5.86. The van der Waals surface area contributed by atoms with E-state index in [0.29, 0.717) is 5.39 Å². The summed E-state index contributed by atoms with van der Waals surface area (Å²) in [6, 6.07) is 11.0. The largest absolute Gasteiger partial charge is 0.308 e. The fourth-order valence-corrected chi connectivity index (χ4v) is 1.85. The third-order valence-electron chi connectivity index (χ3n) is 2.77. The van der Waals surface area contributed by atoms with Gasteiger partial charge in [0.1, 0.15) is 5.82 Å². The van der Waals surface area contributed by atoms with Crippen LogP contribution in [-0.2, 0) is 6.54 Å². The number of rotatable bonds is 2. The van der Waals surface area contributed by atoms with Gasteiger partial charge in [-0.1, -0.05) is 30.3 Å². The lowest BCUT2D eigenvalue weighted by atomic mass is 10.0. The van der Waals surface area contributed by atoms with Crippen molar-refractivity contribution in [3.8, 4) is 0 Å². The maximum Gasteiger partial charge on any atom is 0.131 e. The normalized spacial score (nSPS) is 12.0. The van der Waals surface area contributed by atoms with E-state index >= 15 is 0 Å². The molecule has 0 atom stereocenters. The van der Waals surface area contributed by atoms with Crippen molar-refractivity contribution in [2.45, 2.75) is 32.9 Å². The zero-order chi connectivity index (χ0) is 12.5. The van der Waals surface area contributed by atoms with Crippen molar-refractivity contribution in [2.24, 2.45) is 0 Å². The predicted octanol–water partition coefficient (Wildman–Crippen LogP) is 3.87. The molecule has 2 aromatic carbocycles. The monoisotopic (exact) mass is 231 g/mol. The molecule has 0 aliphatic carbocycles. The predicted molar refractivity (Wildman–Crippen MR) is 70.5 cm³/mol. The molecule has 0 saturated carbocycles. The molecular formula is C15H18FN. The van der Waals surface area contributed by atoms with Crippen molar-refractivity contribution in [3.63, 3.8) is 0 Å². The lowest BCUT2D eigenvalue weighted by Gasteiger charge is -2.21. The van der Waals surface area contributed by atoms with Crippen LogP contribution in [-0.4, -0.2) is 5.54 Å². The first kappa shape index (κ1) is 12.1. The van der Waals surface area contributed by atoms with Crippen molar-refractivity contribution in [1.82, 2.24) is 5.32 Å². The number of benzene rings is 2. The average Bonchev–Trinajstić information content (AvgIpc) is 2.26. The summed E-state index contributed by atoms with van der Waals surface area (Å²) in [4.78, 5) is 0. The molecule has 0 radical (unpaired) electrons. The Hall–Kier alpha value is -1.41. The maximum atomic E-state index is 13.6. The van der Waals surface area contributed by atoms with Gasteiger partial charge in [0, 0.05) is 17.5 Å². The van der Waals surface area contributed by atoms with Gasteiger partial charge in [-0.25, -0.2) is 4.39 Å². The molecule has 0 bridgehead atoms. The molecule has 0 amide bonds. The van der Waals surface area contributed by atoms with E-state index in [2.05, 4.69) is 26.1 Å². The van der Waals surface area contributed by atoms with E-state index in [1.165, 1.54) is 6.07 Å². The molecule has 1 N–H and O–H groups in total. The molecule has 0 aliphatic heterocycles. The SMILES string of the molecule is CC(C)(C)NCc1cccc2c(F)cccc12. The zero-order valence-corrected chi connectivity index (χ0v) is 10.5. The highest BCUT2D eigenvalue weighted by Gasteiger charge is 2.10. The van der Waals surface area contributed by atoms with Crippen LogP contribution in [0, 0.1) is 5.82 Å². The first-order valence-electron chi connectivity index (χ1n) is 5.88. The molecule has 1 nitrogen and oxygen atoms in total. The smallest absolute Gasteiger partial charge is 0.131 e. The molecule has 0 aromatic heterocycles. The quantitative estimate of drug-likeness (QED) is 0.827. The Morgan fingerprint density at radius 3 is 2.35 bits per heavy atom. The van der Waals surface area contributed by atoms with Crippen LogP contribution in [0.5, 0.6) is 0 Å². The van der Waals surface area contributed by atoms with Gasteiger partial charge < -0.3 is 5.32 Å². The number of nitrogens with one attached hydrogen (secondary N) is 1. The van der Waals surface area contributed by atoms with Gasteiger partial charge in [-0.05, 0) is 37.8 Å². The maximum absolute atomic E-state index is 13.6.